The Kier molecular flexibility index (Phi) is 3.76. The van der Waals surface area contributed by atoms with Crippen LogP contribution in [-0.2, 0) is 9.84 Å². The van der Waals surface area contributed by atoms with E-state index in [4.69, 9.17) is 9.47 Å². The average Bonchev–Trinajstić information content (AvgIpc) is 3.41. The van der Waals surface area contributed by atoms with Gasteiger partial charge in [-0.1, -0.05) is 6.07 Å². The Morgan fingerprint density at radius 1 is 0.917 bits per heavy atom. The minimum absolute atomic E-state index is 0.243. The van der Waals surface area contributed by atoms with Crippen LogP contribution in [0.15, 0.2) is 47.4 Å². The van der Waals surface area contributed by atoms with Gasteiger partial charge in [-0.3, -0.25) is 0 Å². The van der Waals surface area contributed by atoms with Crippen LogP contribution in [0.1, 0.15) is 30.7 Å². The van der Waals surface area contributed by atoms with Gasteiger partial charge < -0.3 is 9.47 Å². The van der Waals surface area contributed by atoms with Crippen LogP contribution in [0.25, 0.3) is 0 Å². The first-order valence-electron chi connectivity index (χ1n) is 8.25. The predicted octanol–water partition coefficient (Wildman–Crippen LogP) is 4.16. The van der Waals surface area contributed by atoms with E-state index in [0.29, 0.717) is 28.2 Å². The van der Waals surface area contributed by atoms with Crippen molar-refractivity contribution in [3.63, 3.8) is 0 Å². The van der Waals surface area contributed by atoms with Gasteiger partial charge in [-0.25, -0.2) is 8.42 Å². The maximum absolute atomic E-state index is 12.5. The summed E-state index contributed by atoms with van der Waals surface area (Å²) in [6.07, 6.45) is 3.18. The SMILES string of the molecule is COc1ccc(Oc2ccc3c(c2)S(=O)(=O)CCC3C2CC2)cc1. The number of hydrogen-bond donors (Lipinski definition) is 0. The van der Waals surface area contributed by atoms with Crippen LogP contribution < -0.4 is 9.47 Å². The van der Waals surface area contributed by atoms with Gasteiger partial charge in [0.2, 0.25) is 0 Å². The van der Waals surface area contributed by atoms with Crippen LogP contribution in [0.3, 0.4) is 0 Å². The fourth-order valence-corrected chi connectivity index (χ4v) is 5.13. The van der Waals surface area contributed by atoms with Crippen molar-refractivity contribution >= 4 is 9.84 Å². The molecule has 4 nitrogen and oxygen atoms in total. The second-order valence-corrected chi connectivity index (χ2v) is 8.61. The number of ether oxygens (including phenoxy) is 2. The van der Waals surface area contributed by atoms with Crippen LogP contribution in [0.4, 0.5) is 0 Å². The topological polar surface area (TPSA) is 52.6 Å². The highest BCUT2D eigenvalue weighted by Crippen LogP contribution is 2.49. The smallest absolute Gasteiger partial charge is 0.178 e. The van der Waals surface area contributed by atoms with Crippen LogP contribution in [0.2, 0.25) is 0 Å². The molecule has 24 heavy (non-hydrogen) atoms. The highest BCUT2D eigenvalue weighted by atomic mass is 32.2. The van der Waals surface area contributed by atoms with Gasteiger partial charge in [-0.05, 0) is 73.1 Å². The maximum atomic E-state index is 12.5. The van der Waals surface area contributed by atoms with Crippen LogP contribution in [0, 0.1) is 5.92 Å². The lowest BCUT2D eigenvalue weighted by Crippen LogP contribution is -2.21. The monoisotopic (exact) mass is 344 g/mol. The largest absolute Gasteiger partial charge is 0.497 e. The molecule has 1 unspecified atom stereocenters. The highest BCUT2D eigenvalue weighted by Gasteiger charge is 2.39. The molecule has 1 aliphatic carbocycles. The first-order chi connectivity index (χ1) is 11.6. The summed E-state index contributed by atoms with van der Waals surface area (Å²) in [5, 5.41) is 0. The van der Waals surface area contributed by atoms with E-state index in [0.717, 1.165) is 17.7 Å². The van der Waals surface area contributed by atoms with Gasteiger partial charge in [0.05, 0.1) is 17.8 Å². The molecule has 0 N–H and O–H groups in total. The zero-order valence-corrected chi connectivity index (χ0v) is 14.4. The zero-order valence-electron chi connectivity index (χ0n) is 13.6. The van der Waals surface area contributed by atoms with Crippen molar-refractivity contribution in [2.45, 2.75) is 30.1 Å². The minimum atomic E-state index is -3.21. The quantitative estimate of drug-likeness (QED) is 0.836. The molecule has 0 aromatic heterocycles. The summed E-state index contributed by atoms with van der Waals surface area (Å²) in [4.78, 5) is 0.455. The van der Waals surface area contributed by atoms with Crippen molar-refractivity contribution < 1.29 is 17.9 Å². The van der Waals surface area contributed by atoms with E-state index < -0.39 is 9.84 Å². The molecule has 0 bridgehead atoms. The summed E-state index contributed by atoms with van der Waals surface area (Å²) in [5.41, 5.74) is 0.978. The Hall–Kier alpha value is -2.01. The Morgan fingerprint density at radius 3 is 2.25 bits per heavy atom. The molecule has 2 aromatic rings. The summed E-state index contributed by atoms with van der Waals surface area (Å²) >= 11 is 0. The summed E-state index contributed by atoms with van der Waals surface area (Å²) in [6, 6.07) is 12.7. The number of hydrogen-bond acceptors (Lipinski definition) is 4. The molecule has 2 aromatic carbocycles. The summed E-state index contributed by atoms with van der Waals surface area (Å²) in [7, 11) is -1.59. The van der Waals surface area contributed by atoms with E-state index in [1.165, 1.54) is 12.8 Å². The first kappa shape index (κ1) is 15.5. The Bertz CT molecular complexity index is 851. The van der Waals surface area contributed by atoms with Crippen molar-refractivity contribution in [2.24, 2.45) is 5.92 Å². The Balaban J connectivity index is 1.65. The van der Waals surface area contributed by atoms with Gasteiger partial charge in [0.15, 0.2) is 9.84 Å². The maximum Gasteiger partial charge on any atom is 0.178 e. The molecule has 1 saturated carbocycles. The molecular weight excluding hydrogens is 324 g/mol. The molecule has 4 rings (SSSR count). The second kappa shape index (κ2) is 5.81. The molecule has 1 aliphatic heterocycles. The molecule has 1 atom stereocenters. The lowest BCUT2D eigenvalue weighted by Gasteiger charge is -2.25. The predicted molar refractivity (Wildman–Crippen MR) is 91.6 cm³/mol. The second-order valence-electron chi connectivity index (χ2n) is 6.53. The standard InChI is InChI=1S/C19H20O4S/c1-22-14-4-6-15(7-5-14)23-16-8-9-18-17(13-2-3-13)10-11-24(20,21)19(18)12-16/h4-9,12-13,17H,2-3,10-11H2,1H3. The van der Waals surface area contributed by atoms with Gasteiger partial charge in [0.1, 0.15) is 17.2 Å². The van der Waals surface area contributed by atoms with E-state index in [2.05, 4.69) is 0 Å². The lowest BCUT2D eigenvalue weighted by atomic mass is 9.91. The third kappa shape index (κ3) is 2.88. The third-order valence-corrected chi connectivity index (χ3v) is 6.70. The lowest BCUT2D eigenvalue weighted by molar-refractivity contribution is 0.412. The van der Waals surface area contributed by atoms with E-state index in [1.54, 1.807) is 25.3 Å². The number of fused-ring (bicyclic) bond motifs is 1. The normalized spacial score (nSPS) is 21.8. The van der Waals surface area contributed by atoms with Gasteiger partial charge in [-0.2, -0.15) is 0 Å². The number of methoxy groups -OCH3 is 1. The molecular formula is C19H20O4S. The van der Waals surface area contributed by atoms with E-state index in [9.17, 15) is 8.42 Å². The molecule has 0 amide bonds. The van der Waals surface area contributed by atoms with Crippen molar-refractivity contribution in [2.75, 3.05) is 12.9 Å². The molecule has 5 heteroatoms. The van der Waals surface area contributed by atoms with Gasteiger partial charge in [0, 0.05) is 0 Å². The van der Waals surface area contributed by atoms with Crippen LogP contribution in [-0.4, -0.2) is 21.3 Å². The molecule has 0 spiro atoms. The summed E-state index contributed by atoms with van der Waals surface area (Å²) < 4.78 is 35.9. The molecule has 1 heterocycles. The molecule has 2 aliphatic rings. The van der Waals surface area contributed by atoms with E-state index in [1.807, 2.05) is 24.3 Å². The van der Waals surface area contributed by atoms with Gasteiger partial charge in [0.25, 0.3) is 0 Å². The summed E-state index contributed by atoms with van der Waals surface area (Å²) in [6.45, 7) is 0. The van der Waals surface area contributed by atoms with Crippen molar-refractivity contribution in [1.29, 1.82) is 0 Å². The highest BCUT2D eigenvalue weighted by molar-refractivity contribution is 7.91. The van der Waals surface area contributed by atoms with Crippen molar-refractivity contribution in [3.05, 3.63) is 48.0 Å². The van der Waals surface area contributed by atoms with Crippen molar-refractivity contribution in [3.8, 4) is 17.2 Å². The average molecular weight is 344 g/mol. The molecule has 0 radical (unpaired) electrons. The number of benzene rings is 2. The first-order valence-corrected chi connectivity index (χ1v) is 9.91. The number of rotatable bonds is 4. The third-order valence-electron chi connectivity index (χ3n) is 4.90. The van der Waals surface area contributed by atoms with Gasteiger partial charge >= 0.3 is 0 Å². The fraction of sp³-hybridized carbons (Fsp3) is 0.368. The Labute approximate surface area is 142 Å². The Morgan fingerprint density at radius 2 is 1.58 bits per heavy atom. The van der Waals surface area contributed by atoms with Gasteiger partial charge in [-0.15, -0.1) is 0 Å². The van der Waals surface area contributed by atoms with Crippen LogP contribution >= 0.6 is 0 Å². The zero-order chi connectivity index (χ0) is 16.7. The molecule has 0 saturated heterocycles. The van der Waals surface area contributed by atoms with E-state index in [-0.39, 0.29) is 5.75 Å². The van der Waals surface area contributed by atoms with Crippen molar-refractivity contribution in [1.82, 2.24) is 0 Å². The summed E-state index contributed by atoms with van der Waals surface area (Å²) in [5.74, 6) is 3.25. The number of sulfone groups is 1. The van der Waals surface area contributed by atoms with Crippen LogP contribution in [0.5, 0.6) is 17.2 Å². The molecule has 1 fully saturated rings. The fourth-order valence-electron chi connectivity index (χ4n) is 3.47. The van der Waals surface area contributed by atoms with E-state index >= 15 is 0 Å². The minimum Gasteiger partial charge on any atom is -0.497 e. The molecule has 126 valence electrons.